The highest BCUT2D eigenvalue weighted by Crippen LogP contribution is 2.19. The predicted octanol–water partition coefficient (Wildman–Crippen LogP) is 3.94. The first-order valence-electron chi connectivity index (χ1n) is 8.80. The van der Waals surface area contributed by atoms with Crippen molar-refractivity contribution in [2.75, 3.05) is 12.4 Å². The van der Waals surface area contributed by atoms with Crippen LogP contribution in [0.25, 0.3) is 0 Å². The minimum absolute atomic E-state index is 0.148. The van der Waals surface area contributed by atoms with Crippen LogP contribution in [0.2, 0.25) is 0 Å². The maximum Gasteiger partial charge on any atom is 0.253 e. The number of hydrogen-bond acceptors (Lipinski definition) is 4. The number of pyridine rings is 1. The summed E-state index contributed by atoms with van der Waals surface area (Å²) in [6.07, 6.45) is 3.27. The number of amides is 1. The Morgan fingerprint density at radius 3 is 2.70 bits per heavy atom. The lowest BCUT2D eigenvalue weighted by atomic mass is 10.1. The average Bonchev–Trinajstić information content (AvgIpc) is 2.71. The summed E-state index contributed by atoms with van der Waals surface area (Å²) < 4.78 is 5.36. The summed E-state index contributed by atoms with van der Waals surface area (Å²) in [6.45, 7) is 3.10. The van der Waals surface area contributed by atoms with Gasteiger partial charge in [-0.25, -0.2) is 0 Å². The molecule has 2 N–H and O–H groups in total. The number of rotatable bonds is 7. The number of nitrogens with one attached hydrogen (secondary N) is 2. The first-order chi connectivity index (χ1) is 13.2. The van der Waals surface area contributed by atoms with Gasteiger partial charge in [0, 0.05) is 31.0 Å². The van der Waals surface area contributed by atoms with Crippen LogP contribution >= 0.6 is 0 Å². The molecule has 2 aromatic carbocycles. The normalized spacial score (nSPS) is 10.3. The topological polar surface area (TPSA) is 63.2 Å². The summed E-state index contributed by atoms with van der Waals surface area (Å²) in [5, 5.41) is 6.22. The van der Waals surface area contributed by atoms with Crippen molar-refractivity contribution >= 4 is 11.6 Å². The summed E-state index contributed by atoms with van der Waals surface area (Å²) in [7, 11) is 1.65. The molecule has 0 atom stereocenters. The molecular formula is C22H23N3O2. The number of hydrogen-bond donors (Lipinski definition) is 2. The highest BCUT2D eigenvalue weighted by molar-refractivity contribution is 5.94. The quantitative estimate of drug-likeness (QED) is 0.669. The van der Waals surface area contributed by atoms with Crippen molar-refractivity contribution in [2.45, 2.75) is 20.0 Å². The number of methoxy groups -OCH3 is 1. The van der Waals surface area contributed by atoms with E-state index in [4.69, 9.17) is 4.74 Å². The van der Waals surface area contributed by atoms with Crippen molar-refractivity contribution in [3.8, 4) is 5.75 Å². The number of benzene rings is 2. The van der Waals surface area contributed by atoms with E-state index >= 15 is 0 Å². The van der Waals surface area contributed by atoms with E-state index in [0.717, 1.165) is 22.6 Å². The Labute approximate surface area is 159 Å². The molecule has 3 rings (SSSR count). The number of aromatic nitrogens is 1. The van der Waals surface area contributed by atoms with E-state index in [9.17, 15) is 4.79 Å². The van der Waals surface area contributed by atoms with E-state index in [-0.39, 0.29) is 5.91 Å². The summed E-state index contributed by atoms with van der Waals surface area (Å²) in [6, 6.07) is 17.7. The maximum atomic E-state index is 12.4. The second kappa shape index (κ2) is 8.85. The molecule has 1 heterocycles. The summed E-state index contributed by atoms with van der Waals surface area (Å²) in [4.78, 5) is 16.6. The number of nitrogens with zero attached hydrogens (tertiary/aromatic N) is 1. The average molecular weight is 361 g/mol. The standard InChI is InChI=1S/C22H23N3O2/c1-16-6-5-7-17(10-16)12-25-22(26)19-11-20(15-23-13-19)24-14-18-8-3-4-9-21(18)27-2/h3-11,13,15,24H,12,14H2,1-2H3,(H,25,26). The Hall–Kier alpha value is -3.34. The van der Waals surface area contributed by atoms with Gasteiger partial charge in [0.25, 0.3) is 5.91 Å². The van der Waals surface area contributed by atoms with Crippen LogP contribution < -0.4 is 15.4 Å². The molecule has 0 radical (unpaired) electrons. The Morgan fingerprint density at radius 2 is 1.89 bits per heavy atom. The van der Waals surface area contributed by atoms with E-state index in [1.807, 2.05) is 49.4 Å². The van der Waals surface area contributed by atoms with Crippen LogP contribution in [0.15, 0.2) is 67.0 Å². The van der Waals surface area contributed by atoms with Gasteiger partial charge in [-0.2, -0.15) is 0 Å². The van der Waals surface area contributed by atoms with Gasteiger partial charge in [-0.3, -0.25) is 9.78 Å². The molecule has 27 heavy (non-hydrogen) atoms. The van der Waals surface area contributed by atoms with E-state index < -0.39 is 0 Å². The van der Waals surface area contributed by atoms with Crippen molar-refractivity contribution in [3.63, 3.8) is 0 Å². The van der Waals surface area contributed by atoms with E-state index in [0.29, 0.717) is 18.7 Å². The molecule has 1 aromatic heterocycles. The third kappa shape index (κ3) is 5.07. The number of carbonyl (C=O) groups is 1. The minimum atomic E-state index is -0.148. The number of para-hydroxylation sites is 1. The van der Waals surface area contributed by atoms with Gasteiger partial charge in [0.05, 0.1) is 18.4 Å². The van der Waals surface area contributed by atoms with Gasteiger partial charge in [-0.1, -0.05) is 48.0 Å². The molecule has 0 spiro atoms. The van der Waals surface area contributed by atoms with E-state index in [1.165, 1.54) is 5.56 Å². The van der Waals surface area contributed by atoms with Gasteiger partial charge in [0.1, 0.15) is 5.75 Å². The van der Waals surface area contributed by atoms with Crippen molar-refractivity contribution in [1.82, 2.24) is 10.3 Å². The fourth-order valence-corrected chi connectivity index (χ4v) is 2.81. The van der Waals surface area contributed by atoms with Crippen LogP contribution in [-0.2, 0) is 13.1 Å². The molecule has 0 bridgehead atoms. The lowest BCUT2D eigenvalue weighted by Crippen LogP contribution is -2.23. The zero-order valence-corrected chi connectivity index (χ0v) is 15.5. The Balaban J connectivity index is 1.61. The summed E-state index contributed by atoms with van der Waals surface area (Å²) >= 11 is 0. The van der Waals surface area contributed by atoms with Gasteiger partial charge < -0.3 is 15.4 Å². The molecule has 3 aromatic rings. The van der Waals surface area contributed by atoms with Gasteiger partial charge in [0.2, 0.25) is 0 Å². The maximum absolute atomic E-state index is 12.4. The zero-order valence-electron chi connectivity index (χ0n) is 15.5. The van der Waals surface area contributed by atoms with Crippen LogP contribution in [0.3, 0.4) is 0 Å². The second-order valence-electron chi connectivity index (χ2n) is 6.30. The van der Waals surface area contributed by atoms with Crippen molar-refractivity contribution in [3.05, 3.63) is 89.2 Å². The molecule has 0 fully saturated rings. The van der Waals surface area contributed by atoms with E-state index in [1.54, 1.807) is 25.6 Å². The van der Waals surface area contributed by atoms with Crippen LogP contribution in [0.1, 0.15) is 27.0 Å². The molecule has 0 aliphatic carbocycles. The van der Waals surface area contributed by atoms with Gasteiger partial charge in [-0.05, 0) is 24.6 Å². The lowest BCUT2D eigenvalue weighted by molar-refractivity contribution is 0.0950. The fraction of sp³-hybridized carbons (Fsp3) is 0.182. The molecule has 0 aliphatic heterocycles. The fourth-order valence-electron chi connectivity index (χ4n) is 2.81. The Kier molecular flexibility index (Phi) is 6.05. The third-order valence-electron chi connectivity index (χ3n) is 4.21. The first kappa shape index (κ1) is 18.5. The Morgan fingerprint density at radius 1 is 1.04 bits per heavy atom. The lowest BCUT2D eigenvalue weighted by Gasteiger charge is -2.11. The van der Waals surface area contributed by atoms with Crippen LogP contribution in [0.5, 0.6) is 5.75 Å². The number of carbonyl (C=O) groups excluding carboxylic acids is 1. The van der Waals surface area contributed by atoms with Gasteiger partial charge in [0.15, 0.2) is 0 Å². The third-order valence-corrected chi connectivity index (χ3v) is 4.21. The highest BCUT2D eigenvalue weighted by Gasteiger charge is 2.08. The molecule has 5 heteroatoms. The van der Waals surface area contributed by atoms with Gasteiger partial charge >= 0.3 is 0 Å². The number of anilines is 1. The number of ether oxygens (including phenoxy) is 1. The van der Waals surface area contributed by atoms with E-state index in [2.05, 4.69) is 21.7 Å². The largest absolute Gasteiger partial charge is 0.496 e. The number of aryl methyl sites for hydroxylation is 1. The SMILES string of the molecule is COc1ccccc1CNc1cncc(C(=O)NCc2cccc(C)c2)c1. The molecule has 5 nitrogen and oxygen atoms in total. The second-order valence-corrected chi connectivity index (χ2v) is 6.30. The predicted molar refractivity (Wildman–Crippen MR) is 107 cm³/mol. The van der Waals surface area contributed by atoms with Crippen LogP contribution in [-0.4, -0.2) is 18.0 Å². The molecule has 0 saturated carbocycles. The molecule has 0 saturated heterocycles. The Bertz CT molecular complexity index is 925. The summed E-state index contributed by atoms with van der Waals surface area (Å²) in [5.41, 5.74) is 4.58. The zero-order chi connectivity index (χ0) is 19.1. The van der Waals surface area contributed by atoms with Crippen molar-refractivity contribution in [2.24, 2.45) is 0 Å². The molecule has 0 unspecified atom stereocenters. The monoisotopic (exact) mass is 361 g/mol. The van der Waals surface area contributed by atoms with Gasteiger partial charge in [-0.15, -0.1) is 0 Å². The van der Waals surface area contributed by atoms with Crippen LogP contribution in [0, 0.1) is 6.92 Å². The molecule has 1 amide bonds. The molecular weight excluding hydrogens is 338 g/mol. The first-order valence-corrected chi connectivity index (χ1v) is 8.80. The summed E-state index contributed by atoms with van der Waals surface area (Å²) in [5.74, 6) is 0.676. The van der Waals surface area contributed by atoms with Crippen molar-refractivity contribution < 1.29 is 9.53 Å². The minimum Gasteiger partial charge on any atom is -0.496 e. The van der Waals surface area contributed by atoms with Crippen molar-refractivity contribution in [1.29, 1.82) is 0 Å². The smallest absolute Gasteiger partial charge is 0.253 e. The molecule has 138 valence electrons. The molecule has 0 aliphatic rings. The highest BCUT2D eigenvalue weighted by atomic mass is 16.5. The van der Waals surface area contributed by atoms with Crippen LogP contribution in [0.4, 0.5) is 5.69 Å².